The van der Waals surface area contributed by atoms with Gasteiger partial charge in [0, 0.05) is 11.8 Å². The maximum Gasteiger partial charge on any atom is 0.276 e. The summed E-state index contributed by atoms with van der Waals surface area (Å²) < 4.78 is 10.5. The molecule has 0 aliphatic carbocycles. The lowest BCUT2D eigenvalue weighted by molar-refractivity contribution is 0.102. The molecule has 2 aromatic carbocycles. The highest BCUT2D eigenvalue weighted by Crippen LogP contribution is 2.29. The van der Waals surface area contributed by atoms with Crippen LogP contribution in [0.3, 0.4) is 0 Å². The van der Waals surface area contributed by atoms with Gasteiger partial charge >= 0.3 is 0 Å². The van der Waals surface area contributed by atoms with Gasteiger partial charge in [0.25, 0.3) is 5.91 Å². The van der Waals surface area contributed by atoms with Crippen LogP contribution in [0.4, 0.5) is 17.2 Å². The summed E-state index contributed by atoms with van der Waals surface area (Å²) in [5, 5.41) is 14.1. The van der Waals surface area contributed by atoms with Gasteiger partial charge in [0.1, 0.15) is 11.5 Å². The lowest BCUT2D eigenvalue weighted by Gasteiger charge is -2.11. The summed E-state index contributed by atoms with van der Waals surface area (Å²) in [6, 6.07) is 16.6. The summed E-state index contributed by atoms with van der Waals surface area (Å²) >= 11 is 0. The maximum atomic E-state index is 12.5. The molecule has 0 spiro atoms. The topological polar surface area (TPSA) is 85.4 Å². The van der Waals surface area contributed by atoms with Crippen molar-refractivity contribution in [2.75, 3.05) is 24.9 Å². The number of anilines is 3. The Morgan fingerprint density at radius 2 is 1.69 bits per heavy atom. The molecule has 1 amide bonds. The van der Waals surface area contributed by atoms with Crippen molar-refractivity contribution in [1.29, 1.82) is 0 Å². The Bertz CT molecular complexity index is 970. The molecule has 0 saturated heterocycles. The van der Waals surface area contributed by atoms with Crippen molar-refractivity contribution in [2.24, 2.45) is 0 Å². The van der Waals surface area contributed by atoms with Crippen LogP contribution in [-0.4, -0.2) is 30.3 Å². The summed E-state index contributed by atoms with van der Waals surface area (Å²) in [6.07, 6.45) is 0. The fourth-order valence-electron chi connectivity index (χ4n) is 2.71. The lowest BCUT2D eigenvalue weighted by Crippen LogP contribution is -2.15. The lowest BCUT2D eigenvalue weighted by atomic mass is 10.0. The van der Waals surface area contributed by atoms with E-state index in [0.717, 1.165) is 5.69 Å². The van der Waals surface area contributed by atoms with E-state index in [-0.39, 0.29) is 11.6 Å². The highest BCUT2D eigenvalue weighted by Gasteiger charge is 2.13. The van der Waals surface area contributed by atoms with E-state index in [0.29, 0.717) is 28.9 Å². The molecule has 3 rings (SSSR count). The second-order valence-corrected chi connectivity index (χ2v) is 6.73. The van der Waals surface area contributed by atoms with E-state index in [9.17, 15) is 4.79 Å². The quantitative estimate of drug-likeness (QED) is 0.611. The summed E-state index contributed by atoms with van der Waals surface area (Å²) in [6.45, 7) is 4.30. The highest BCUT2D eigenvalue weighted by atomic mass is 16.5. The smallest absolute Gasteiger partial charge is 0.276 e. The first-order chi connectivity index (χ1) is 14.0. The van der Waals surface area contributed by atoms with Crippen LogP contribution in [0.1, 0.15) is 35.8 Å². The third-order valence-corrected chi connectivity index (χ3v) is 4.40. The monoisotopic (exact) mass is 392 g/mol. The third-order valence-electron chi connectivity index (χ3n) is 4.40. The van der Waals surface area contributed by atoms with Gasteiger partial charge in [-0.25, -0.2) is 0 Å². The summed E-state index contributed by atoms with van der Waals surface area (Å²) in [4.78, 5) is 12.5. The molecule has 0 aliphatic rings. The van der Waals surface area contributed by atoms with E-state index < -0.39 is 0 Å². The van der Waals surface area contributed by atoms with Gasteiger partial charge < -0.3 is 20.1 Å². The van der Waals surface area contributed by atoms with Gasteiger partial charge in [-0.2, -0.15) is 0 Å². The fourth-order valence-corrected chi connectivity index (χ4v) is 2.71. The molecular weight excluding hydrogens is 368 g/mol. The molecular formula is C22H24N4O3. The number of aromatic nitrogens is 2. The fraction of sp³-hybridized carbons (Fsp3) is 0.227. The molecule has 2 N–H and O–H groups in total. The number of nitrogens with one attached hydrogen (secondary N) is 2. The van der Waals surface area contributed by atoms with Gasteiger partial charge in [0.2, 0.25) is 0 Å². The number of hydrogen-bond acceptors (Lipinski definition) is 6. The second-order valence-electron chi connectivity index (χ2n) is 6.73. The second kappa shape index (κ2) is 9.05. The molecule has 0 aliphatic heterocycles. The third kappa shape index (κ3) is 5.01. The van der Waals surface area contributed by atoms with Crippen LogP contribution in [0.15, 0.2) is 54.6 Å². The number of nitrogens with zero attached hydrogens (tertiary/aromatic N) is 2. The molecule has 1 heterocycles. The van der Waals surface area contributed by atoms with Crippen molar-refractivity contribution < 1.29 is 14.3 Å². The normalized spacial score (nSPS) is 10.5. The number of rotatable bonds is 7. The largest absolute Gasteiger partial charge is 0.497 e. The van der Waals surface area contributed by atoms with E-state index >= 15 is 0 Å². The molecule has 3 aromatic rings. The van der Waals surface area contributed by atoms with Crippen molar-refractivity contribution >= 4 is 23.1 Å². The van der Waals surface area contributed by atoms with E-state index in [4.69, 9.17) is 9.47 Å². The van der Waals surface area contributed by atoms with Crippen LogP contribution in [0, 0.1) is 0 Å². The first-order valence-corrected chi connectivity index (χ1v) is 9.24. The summed E-state index contributed by atoms with van der Waals surface area (Å²) in [5.74, 6) is 1.78. The zero-order valence-electron chi connectivity index (χ0n) is 16.9. The van der Waals surface area contributed by atoms with Crippen LogP contribution in [0.2, 0.25) is 0 Å². The van der Waals surface area contributed by atoms with Crippen LogP contribution >= 0.6 is 0 Å². The predicted octanol–water partition coefficient (Wildman–Crippen LogP) is 4.61. The average Bonchev–Trinajstić information content (AvgIpc) is 2.74. The van der Waals surface area contributed by atoms with Crippen molar-refractivity contribution in [3.63, 3.8) is 0 Å². The van der Waals surface area contributed by atoms with E-state index in [2.05, 4.69) is 46.8 Å². The van der Waals surface area contributed by atoms with Gasteiger partial charge in [-0.15, -0.1) is 10.2 Å². The Labute approximate surface area is 170 Å². The number of methoxy groups -OCH3 is 2. The predicted molar refractivity (Wildman–Crippen MR) is 113 cm³/mol. The number of amides is 1. The molecule has 7 heteroatoms. The first-order valence-electron chi connectivity index (χ1n) is 9.24. The molecule has 1 aromatic heterocycles. The van der Waals surface area contributed by atoms with Gasteiger partial charge in [-0.3, -0.25) is 4.79 Å². The Morgan fingerprint density at radius 3 is 2.28 bits per heavy atom. The number of hydrogen-bond donors (Lipinski definition) is 2. The van der Waals surface area contributed by atoms with Gasteiger partial charge in [-0.1, -0.05) is 26.0 Å². The van der Waals surface area contributed by atoms with Gasteiger partial charge in [-0.05, 0) is 47.9 Å². The van der Waals surface area contributed by atoms with Crippen molar-refractivity contribution in [3.05, 3.63) is 65.9 Å². The zero-order valence-corrected chi connectivity index (χ0v) is 16.9. The van der Waals surface area contributed by atoms with Gasteiger partial charge in [0.05, 0.1) is 19.9 Å². The van der Waals surface area contributed by atoms with Crippen LogP contribution in [0.5, 0.6) is 11.5 Å². The number of benzene rings is 2. The van der Waals surface area contributed by atoms with E-state index in [1.54, 1.807) is 37.4 Å². The maximum absolute atomic E-state index is 12.5. The van der Waals surface area contributed by atoms with Crippen molar-refractivity contribution in [2.45, 2.75) is 19.8 Å². The molecule has 0 bridgehead atoms. The first kappa shape index (κ1) is 20.1. The molecule has 0 unspecified atom stereocenters. The molecule has 0 saturated carbocycles. The average molecular weight is 392 g/mol. The van der Waals surface area contributed by atoms with Crippen LogP contribution in [-0.2, 0) is 0 Å². The Balaban J connectivity index is 1.67. The Morgan fingerprint density at radius 1 is 0.931 bits per heavy atom. The minimum Gasteiger partial charge on any atom is -0.497 e. The van der Waals surface area contributed by atoms with Gasteiger partial charge in [0.15, 0.2) is 11.5 Å². The molecule has 7 nitrogen and oxygen atoms in total. The molecule has 0 fully saturated rings. The molecule has 29 heavy (non-hydrogen) atoms. The van der Waals surface area contributed by atoms with Crippen LogP contribution < -0.4 is 20.1 Å². The summed E-state index contributed by atoms with van der Waals surface area (Å²) in [5.41, 5.74) is 2.89. The highest BCUT2D eigenvalue weighted by molar-refractivity contribution is 6.03. The number of carbonyl (C=O) groups excluding carboxylic acids is 1. The molecule has 0 radical (unpaired) electrons. The minimum absolute atomic E-state index is 0.198. The Kier molecular flexibility index (Phi) is 6.29. The van der Waals surface area contributed by atoms with E-state index in [1.807, 2.05) is 12.1 Å². The number of ether oxygens (including phenoxy) is 2. The van der Waals surface area contributed by atoms with Crippen LogP contribution in [0.25, 0.3) is 0 Å². The number of carbonyl (C=O) groups is 1. The summed E-state index contributed by atoms with van der Waals surface area (Å²) in [7, 11) is 3.09. The van der Waals surface area contributed by atoms with Crippen molar-refractivity contribution in [3.8, 4) is 11.5 Å². The molecule has 150 valence electrons. The van der Waals surface area contributed by atoms with Crippen molar-refractivity contribution in [1.82, 2.24) is 10.2 Å². The van der Waals surface area contributed by atoms with E-state index in [1.165, 1.54) is 12.7 Å². The minimum atomic E-state index is -0.381. The zero-order chi connectivity index (χ0) is 20.8. The standard InChI is InChI=1S/C22H24N4O3/c1-14(2)15-5-7-16(8-6-15)23-21-12-11-19(25-26-21)22(27)24-18-10-9-17(28-3)13-20(18)29-4/h5-14H,1-4H3,(H,23,26)(H,24,27). The molecule has 0 atom stereocenters. The SMILES string of the molecule is COc1ccc(NC(=O)c2ccc(Nc3ccc(C(C)C)cc3)nn2)c(OC)c1. The Hall–Kier alpha value is -3.61.